The fourth-order valence-corrected chi connectivity index (χ4v) is 9.71. The van der Waals surface area contributed by atoms with E-state index < -0.39 is 29.7 Å². The Morgan fingerprint density at radius 2 is 1.64 bits per heavy atom. The lowest BCUT2D eigenvalue weighted by Gasteiger charge is -2.63. The number of aryl methyl sites for hydroxylation is 1. The Morgan fingerprint density at radius 3 is 2.31 bits per heavy atom. The number of carbonyl (C=O) groups is 5. The van der Waals surface area contributed by atoms with E-state index in [4.69, 9.17) is 16.3 Å². The number of benzene rings is 3. The Hall–Kier alpha value is -5.31. The van der Waals surface area contributed by atoms with Crippen molar-refractivity contribution in [1.82, 2.24) is 20.4 Å². The number of fused-ring (bicyclic) bond motifs is 1. The minimum absolute atomic E-state index is 0.0927. The fourth-order valence-electron chi connectivity index (χ4n) is 9.50. The van der Waals surface area contributed by atoms with Gasteiger partial charge in [0.05, 0.1) is 21.7 Å². The first-order chi connectivity index (χ1) is 27.7. The third kappa shape index (κ3) is 8.05. The summed E-state index contributed by atoms with van der Waals surface area (Å²) in [6.07, 6.45) is 8.49. The Bertz CT molecular complexity index is 2210. The van der Waals surface area contributed by atoms with Crippen LogP contribution in [0.1, 0.15) is 120 Å². The summed E-state index contributed by atoms with van der Waals surface area (Å²) in [7, 11) is 0. The second kappa shape index (κ2) is 16.5. The van der Waals surface area contributed by atoms with Crippen LogP contribution in [0.4, 0.5) is 0 Å². The van der Waals surface area contributed by atoms with Crippen molar-refractivity contribution >= 4 is 46.7 Å². The maximum absolute atomic E-state index is 13.4. The van der Waals surface area contributed by atoms with Crippen LogP contribution in [0.2, 0.25) is 5.02 Å². The zero-order valence-electron chi connectivity index (χ0n) is 33.5. The minimum Gasteiger partial charge on any atom is -0.489 e. The summed E-state index contributed by atoms with van der Waals surface area (Å²) < 4.78 is 6.36. The van der Waals surface area contributed by atoms with E-state index in [1.807, 2.05) is 30.3 Å². The number of unbranched alkanes of at least 4 members (excludes halogenated alkanes) is 3. The van der Waals surface area contributed by atoms with Crippen LogP contribution in [0.5, 0.6) is 5.75 Å². The number of piperidine rings is 1. The molecular weight excluding hydrogens is 754 g/mol. The molecule has 1 saturated heterocycles. The van der Waals surface area contributed by atoms with Crippen LogP contribution in [0.15, 0.2) is 66.7 Å². The molecule has 11 nitrogen and oxygen atoms in total. The first-order valence-electron chi connectivity index (χ1n) is 20.2. The lowest BCUT2D eigenvalue weighted by molar-refractivity contribution is -0.164. The Kier molecular flexibility index (Phi) is 11.6. The molecule has 3 aromatic rings. The second-order valence-electron chi connectivity index (χ2n) is 17.1. The largest absolute Gasteiger partial charge is 0.489 e. The van der Waals surface area contributed by atoms with Crippen molar-refractivity contribution < 1.29 is 28.7 Å². The van der Waals surface area contributed by atoms with Crippen molar-refractivity contribution in [2.75, 3.05) is 19.6 Å². The molecule has 2 fully saturated rings. The number of imide groups is 2. The molecule has 1 aliphatic carbocycles. The number of halogens is 1. The molecule has 1 unspecified atom stereocenters. The van der Waals surface area contributed by atoms with Crippen molar-refractivity contribution in [2.24, 2.45) is 10.8 Å². The molecule has 0 aromatic heterocycles. The molecule has 302 valence electrons. The summed E-state index contributed by atoms with van der Waals surface area (Å²) in [5, 5.41) is 15.1. The molecule has 58 heavy (non-hydrogen) atoms. The normalized spacial score (nSPS) is 22.4. The lowest BCUT2D eigenvalue weighted by atomic mass is 9.49. The summed E-state index contributed by atoms with van der Waals surface area (Å²) in [4.78, 5) is 67.1. The Morgan fingerprint density at radius 1 is 0.914 bits per heavy atom. The van der Waals surface area contributed by atoms with Gasteiger partial charge < -0.3 is 10.1 Å². The molecule has 3 heterocycles. The summed E-state index contributed by atoms with van der Waals surface area (Å²) >= 11 is 6.24. The molecular formula is C46H50ClN5O6. The number of carbonyl (C=O) groups excluding carboxylic acids is 5. The highest BCUT2D eigenvalue weighted by atomic mass is 35.5. The van der Waals surface area contributed by atoms with Crippen LogP contribution in [-0.2, 0) is 16.0 Å². The van der Waals surface area contributed by atoms with Gasteiger partial charge in [-0.2, -0.15) is 5.26 Å². The predicted molar refractivity (Wildman–Crippen MR) is 220 cm³/mol. The van der Waals surface area contributed by atoms with Crippen molar-refractivity contribution in [3.8, 4) is 11.8 Å². The van der Waals surface area contributed by atoms with E-state index in [0.717, 1.165) is 74.2 Å². The average molecular weight is 804 g/mol. The molecule has 3 aliphatic heterocycles. The zero-order chi connectivity index (χ0) is 41.4. The second-order valence-corrected chi connectivity index (χ2v) is 17.6. The number of nitriles is 1. The average Bonchev–Trinajstić information content (AvgIpc) is 3.45. The molecule has 3 aromatic carbocycles. The van der Waals surface area contributed by atoms with Gasteiger partial charge in [-0.05, 0) is 91.7 Å². The summed E-state index contributed by atoms with van der Waals surface area (Å²) in [5.74, 6) is -1.47. The first-order valence-corrected chi connectivity index (χ1v) is 20.6. The van der Waals surface area contributed by atoms with E-state index in [-0.39, 0.29) is 41.7 Å². The van der Waals surface area contributed by atoms with Crippen molar-refractivity contribution in [3.05, 3.63) is 105 Å². The van der Waals surface area contributed by atoms with Crippen molar-refractivity contribution in [2.45, 2.75) is 97.2 Å². The topological polar surface area (TPSA) is 149 Å². The quantitative estimate of drug-likeness (QED) is 0.137. The summed E-state index contributed by atoms with van der Waals surface area (Å²) in [5.41, 5.74) is 4.23. The molecule has 0 bridgehead atoms. The van der Waals surface area contributed by atoms with Crippen LogP contribution in [-0.4, -0.2) is 77.2 Å². The van der Waals surface area contributed by atoms with Crippen molar-refractivity contribution in [3.63, 3.8) is 0 Å². The molecule has 12 heteroatoms. The van der Waals surface area contributed by atoms with Gasteiger partial charge >= 0.3 is 0 Å². The SMILES string of the molecule is CC1(C)C(NC(=O)c2ccc(CCCCCCN3CC=C(c4ccc5c(c4)C(=O)N(C4CCC(=O)NC4=O)C5=O)CC3)cc2)C(C)(C)C1Oc1ccc(C#N)c(Cl)c1. The highest BCUT2D eigenvalue weighted by molar-refractivity contribution is 6.31. The lowest BCUT2D eigenvalue weighted by Crippen LogP contribution is -2.74. The number of hydrogen-bond donors (Lipinski definition) is 2. The van der Waals surface area contributed by atoms with E-state index in [1.54, 1.807) is 30.3 Å². The predicted octanol–water partition coefficient (Wildman–Crippen LogP) is 7.12. The van der Waals surface area contributed by atoms with Gasteiger partial charge in [0.15, 0.2) is 0 Å². The van der Waals surface area contributed by atoms with E-state index in [2.05, 4.69) is 55.4 Å². The standard InChI is InChI=1S/C46H50ClN5O6/c1-45(2)43(46(3,4)44(45)58-33-16-14-32(27-48)36(47)26-33)50-39(54)30-12-10-28(11-13-30)9-7-5-6-8-22-51-23-20-29(21-24-51)31-15-17-34-35(25-31)42(57)52(41(34)56)37-18-19-38(53)49-40(37)55/h10-17,20,25-26,37,43-44H,5-9,18-19,21-24H2,1-4H3,(H,50,54)(H,49,53,55). The third-order valence-electron chi connectivity index (χ3n) is 12.4. The zero-order valence-corrected chi connectivity index (χ0v) is 34.3. The highest BCUT2D eigenvalue weighted by Crippen LogP contribution is 2.55. The minimum atomic E-state index is -0.970. The van der Waals surface area contributed by atoms with Crippen LogP contribution >= 0.6 is 11.6 Å². The molecule has 4 aliphatic rings. The third-order valence-corrected chi connectivity index (χ3v) is 12.8. The molecule has 2 N–H and O–H groups in total. The van der Waals surface area contributed by atoms with Gasteiger partial charge in [-0.3, -0.25) is 39.1 Å². The number of nitrogens with zero attached hydrogens (tertiary/aromatic N) is 3. The van der Waals surface area contributed by atoms with E-state index >= 15 is 0 Å². The maximum atomic E-state index is 13.4. The number of rotatable bonds is 13. The van der Waals surface area contributed by atoms with Gasteiger partial charge in [0.2, 0.25) is 11.8 Å². The molecule has 1 saturated carbocycles. The van der Waals surface area contributed by atoms with E-state index in [0.29, 0.717) is 33.0 Å². The molecule has 1 atom stereocenters. The van der Waals surface area contributed by atoms with E-state index in [9.17, 15) is 29.2 Å². The fraction of sp³-hybridized carbons (Fsp3) is 0.435. The number of nitrogens with one attached hydrogen (secondary N) is 2. The summed E-state index contributed by atoms with van der Waals surface area (Å²) in [6, 6.07) is 19.3. The number of amides is 5. The molecule has 7 rings (SSSR count). The Labute approximate surface area is 344 Å². The van der Waals surface area contributed by atoms with Crippen LogP contribution in [0, 0.1) is 22.2 Å². The molecule has 0 radical (unpaired) electrons. The summed E-state index contributed by atoms with van der Waals surface area (Å²) in [6.45, 7) is 11.1. The van der Waals surface area contributed by atoms with Crippen LogP contribution < -0.4 is 15.4 Å². The monoisotopic (exact) mass is 803 g/mol. The smallest absolute Gasteiger partial charge is 0.262 e. The van der Waals surface area contributed by atoms with Gasteiger partial charge in [0.25, 0.3) is 17.7 Å². The van der Waals surface area contributed by atoms with Crippen LogP contribution in [0.3, 0.4) is 0 Å². The van der Waals surface area contributed by atoms with Gasteiger partial charge in [-0.25, -0.2) is 0 Å². The highest BCUT2D eigenvalue weighted by Gasteiger charge is 2.64. The maximum Gasteiger partial charge on any atom is 0.262 e. The molecule has 0 spiro atoms. The number of ether oxygens (including phenoxy) is 1. The molecule has 5 amide bonds. The number of hydrogen-bond acceptors (Lipinski definition) is 8. The van der Waals surface area contributed by atoms with Crippen LogP contribution in [0.25, 0.3) is 5.57 Å². The first kappa shape index (κ1) is 40.9. The van der Waals surface area contributed by atoms with E-state index in [1.165, 1.54) is 5.56 Å². The van der Waals surface area contributed by atoms with Gasteiger partial charge in [0.1, 0.15) is 24.0 Å². The van der Waals surface area contributed by atoms with Gasteiger partial charge in [-0.15, -0.1) is 0 Å². The Balaban J connectivity index is 0.816. The van der Waals surface area contributed by atoms with Gasteiger partial charge in [-0.1, -0.05) is 76.4 Å². The van der Waals surface area contributed by atoms with Gasteiger partial charge in [0, 0.05) is 48.0 Å². The van der Waals surface area contributed by atoms with Crippen molar-refractivity contribution in [1.29, 1.82) is 5.26 Å².